The maximum atomic E-state index is 4.08. The molecular weight excluding hydrogens is 132 g/mol. The van der Waals surface area contributed by atoms with Crippen LogP contribution in [0.25, 0.3) is 0 Å². The van der Waals surface area contributed by atoms with E-state index in [2.05, 4.69) is 22.6 Å². The molecule has 0 spiro atoms. The molecular formula is C6H6N2S. The lowest BCUT2D eigenvalue weighted by molar-refractivity contribution is 0.546. The average Bonchev–Trinajstić information content (AvgIpc) is 2.33. The van der Waals surface area contributed by atoms with Crippen molar-refractivity contribution >= 4 is 16.9 Å². The van der Waals surface area contributed by atoms with Crippen molar-refractivity contribution in [3.63, 3.8) is 0 Å². The highest BCUT2D eigenvalue weighted by Crippen LogP contribution is 2.23. The molecule has 0 unspecified atom stereocenters. The molecule has 0 aromatic heterocycles. The number of thioether (sulfide) groups is 1. The molecule has 0 aromatic carbocycles. The molecule has 0 N–H and O–H groups in total. The Labute approximate surface area is 58.6 Å². The number of rotatable bonds is 0. The number of hydrogen-bond donors (Lipinski definition) is 0. The fourth-order valence-corrected chi connectivity index (χ4v) is 1.59. The van der Waals surface area contributed by atoms with Gasteiger partial charge in [-0.05, 0) is 11.8 Å². The molecule has 3 heteroatoms. The molecule has 2 radical (unpaired) electrons. The predicted molar refractivity (Wildman–Crippen MR) is 38.7 cm³/mol. The molecule has 2 heterocycles. The highest BCUT2D eigenvalue weighted by Gasteiger charge is 2.16. The Bertz CT molecular complexity index is 174. The van der Waals surface area contributed by atoms with Crippen LogP contribution in [-0.4, -0.2) is 16.6 Å². The summed E-state index contributed by atoms with van der Waals surface area (Å²) in [6.45, 7) is 3.99. The molecule has 0 aliphatic carbocycles. The second-order valence-corrected chi connectivity index (χ2v) is 2.77. The lowest BCUT2D eigenvalue weighted by Gasteiger charge is -2.18. The van der Waals surface area contributed by atoms with Gasteiger partial charge in [-0.3, -0.25) is 0 Å². The molecule has 0 amide bonds. The Balaban J connectivity index is 2.22. The van der Waals surface area contributed by atoms with E-state index in [4.69, 9.17) is 0 Å². The molecule has 0 saturated heterocycles. The first-order valence-electron chi connectivity index (χ1n) is 2.87. The van der Waals surface area contributed by atoms with Crippen molar-refractivity contribution in [2.45, 2.75) is 6.42 Å². The van der Waals surface area contributed by atoms with E-state index in [1.807, 2.05) is 5.41 Å². The van der Waals surface area contributed by atoms with E-state index in [9.17, 15) is 0 Å². The molecule has 0 aromatic rings. The molecule has 0 atom stereocenters. The fraction of sp³-hybridized carbons (Fsp3) is 0.333. The van der Waals surface area contributed by atoms with E-state index in [-0.39, 0.29) is 0 Å². The summed E-state index contributed by atoms with van der Waals surface area (Å²) in [4.78, 5) is 6.22. The summed E-state index contributed by atoms with van der Waals surface area (Å²) in [5.41, 5.74) is 0. The van der Waals surface area contributed by atoms with Crippen LogP contribution >= 0.6 is 11.8 Å². The van der Waals surface area contributed by atoms with Crippen LogP contribution in [0.15, 0.2) is 16.6 Å². The topological polar surface area (TPSA) is 15.6 Å². The average molecular weight is 138 g/mol. The monoisotopic (exact) mass is 138 g/mol. The fourth-order valence-electron chi connectivity index (χ4n) is 0.851. The Hall–Kier alpha value is -0.440. The third-order valence-electron chi connectivity index (χ3n) is 1.30. The first kappa shape index (κ1) is 5.35. The van der Waals surface area contributed by atoms with Crippen molar-refractivity contribution in [2.24, 2.45) is 4.99 Å². The number of aliphatic imine (C=N–C) groups is 1. The second-order valence-electron chi connectivity index (χ2n) is 1.90. The molecule has 2 aliphatic rings. The SMILES string of the molecule is [C]1CCN2C=CSC2=N1. The number of nitrogens with zero attached hydrogens (tertiary/aromatic N) is 2. The van der Waals surface area contributed by atoms with E-state index >= 15 is 0 Å². The summed E-state index contributed by atoms with van der Waals surface area (Å²) < 4.78 is 0. The Morgan fingerprint density at radius 1 is 1.78 bits per heavy atom. The van der Waals surface area contributed by atoms with Crippen LogP contribution in [0.4, 0.5) is 0 Å². The van der Waals surface area contributed by atoms with Gasteiger partial charge in [0.2, 0.25) is 0 Å². The van der Waals surface area contributed by atoms with Gasteiger partial charge in [-0.2, -0.15) is 0 Å². The van der Waals surface area contributed by atoms with Gasteiger partial charge in [0.15, 0.2) is 5.17 Å². The van der Waals surface area contributed by atoms with Gasteiger partial charge in [-0.25, -0.2) is 4.99 Å². The number of fused-ring (bicyclic) bond motifs is 1. The number of amidine groups is 1. The quantitative estimate of drug-likeness (QED) is 0.501. The third kappa shape index (κ3) is 0.852. The van der Waals surface area contributed by atoms with Gasteiger partial charge in [0, 0.05) is 12.7 Å². The molecule has 2 rings (SSSR count). The minimum atomic E-state index is 0.953. The van der Waals surface area contributed by atoms with E-state index in [0.29, 0.717) is 0 Å². The van der Waals surface area contributed by atoms with Crippen molar-refractivity contribution in [3.8, 4) is 0 Å². The molecule has 0 bridgehead atoms. The first-order valence-corrected chi connectivity index (χ1v) is 3.75. The van der Waals surface area contributed by atoms with Gasteiger partial charge in [0.1, 0.15) is 6.54 Å². The highest BCUT2D eigenvalue weighted by molar-refractivity contribution is 8.16. The van der Waals surface area contributed by atoms with Crippen molar-refractivity contribution in [1.82, 2.24) is 4.90 Å². The largest absolute Gasteiger partial charge is 0.327 e. The lowest BCUT2D eigenvalue weighted by Crippen LogP contribution is -2.24. The van der Waals surface area contributed by atoms with E-state index < -0.39 is 0 Å². The number of hydrogen-bond acceptors (Lipinski definition) is 3. The summed E-state index contributed by atoms with van der Waals surface area (Å²) in [7, 11) is 0. The standard InChI is InChI=1S/C6H6N2S/c1-2-7-6-8(3-1)4-5-9-6/h4-5H,1,3H2. The van der Waals surface area contributed by atoms with Crippen molar-refractivity contribution in [3.05, 3.63) is 18.2 Å². The summed E-state index contributed by atoms with van der Waals surface area (Å²) in [5.74, 6) is 0. The summed E-state index contributed by atoms with van der Waals surface area (Å²) in [6, 6.07) is 0. The maximum Gasteiger partial charge on any atom is 0.168 e. The van der Waals surface area contributed by atoms with Gasteiger partial charge < -0.3 is 4.90 Å². The van der Waals surface area contributed by atoms with Crippen molar-refractivity contribution in [1.29, 1.82) is 0 Å². The van der Waals surface area contributed by atoms with E-state index in [1.54, 1.807) is 11.8 Å². The van der Waals surface area contributed by atoms with Crippen molar-refractivity contribution in [2.75, 3.05) is 6.54 Å². The molecule has 0 saturated carbocycles. The zero-order valence-corrected chi connectivity index (χ0v) is 5.69. The minimum Gasteiger partial charge on any atom is -0.327 e. The van der Waals surface area contributed by atoms with Gasteiger partial charge in [-0.15, -0.1) is 0 Å². The molecule has 9 heavy (non-hydrogen) atoms. The zero-order chi connectivity index (χ0) is 6.10. The smallest absolute Gasteiger partial charge is 0.168 e. The van der Waals surface area contributed by atoms with Crippen LogP contribution in [0.5, 0.6) is 0 Å². The van der Waals surface area contributed by atoms with E-state index in [1.165, 1.54) is 0 Å². The van der Waals surface area contributed by atoms with Gasteiger partial charge >= 0.3 is 0 Å². The normalized spacial score (nSPS) is 24.0. The summed E-state index contributed by atoms with van der Waals surface area (Å²) in [6.07, 6.45) is 3.01. The highest BCUT2D eigenvalue weighted by atomic mass is 32.2. The van der Waals surface area contributed by atoms with Crippen LogP contribution < -0.4 is 0 Å². The van der Waals surface area contributed by atoms with Crippen LogP contribution in [0.1, 0.15) is 6.42 Å². The van der Waals surface area contributed by atoms with Gasteiger partial charge in [-0.1, -0.05) is 11.8 Å². The van der Waals surface area contributed by atoms with Crippen LogP contribution in [0.2, 0.25) is 0 Å². The lowest BCUT2D eigenvalue weighted by atomic mass is 10.4. The Morgan fingerprint density at radius 2 is 2.78 bits per heavy atom. The molecule has 46 valence electrons. The second kappa shape index (κ2) is 2.06. The van der Waals surface area contributed by atoms with Crippen LogP contribution in [-0.2, 0) is 0 Å². The predicted octanol–water partition coefficient (Wildman–Crippen LogP) is 1.30. The molecule has 0 fully saturated rings. The van der Waals surface area contributed by atoms with Crippen LogP contribution in [0, 0.1) is 6.54 Å². The Morgan fingerprint density at radius 3 is 3.67 bits per heavy atom. The van der Waals surface area contributed by atoms with Gasteiger partial charge in [0.25, 0.3) is 0 Å². The molecule has 2 aliphatic heterocycles. The summed E-state index contributed by atoms with van der Waals surface area (Å²) >= 11 is 1.66. The Kier molecular flexibility index (Phi) is 1.23. The van der Waals surface area contributed by atoms with Crippen molar-refractivity contribution < 1.29 is 0 Å². The van der Waals surface area contributed by atoms with Crippen LogP contribution in [0.3, 0.4) is 0 Å². The van der Waals surface area contributed by atoms with Gasteiger partial charge in [0.05, 0.1) is 0 Å². The maximum absolute atomic E-state index is 4.08. The zero-order valence-electron chi connectivity index (χ0n) is 4.87. The van der Waals surface area contributed by atoms with E-state index in [0.717, 1.165) is 18.1 Å². The minimum absolute atomic E-state index is 0.953. The molecule has 2 nitrogen and oxygen atoms in total. The summed E-state index contributed by atoms with van der Waals surface area (Å²) in [5, 5.41) is 3.12. The first-order chi connectivity index (χ1) is 4.47. The third-order valence-corrected chi connectivity index (χ3v) is 2.09.